The molecule has 0 spiro atoms. The predicted octanol–water partition coefficient (Wildman–Crippen LogP) is 4.63. The van der Waals surface area contributed by atoms with Crippen LogP contribution in [0.1, 0.15) is 34.1 Å². The fourth-order valence-corrected chi connectivity index (χ4v) is 2.47. The number of rotatable bonds is 3. The summed E-state index contributed by atoms with van der Waals surface area (Å²) in [7, 11) is 0. The maximum absolute atomic E-state index is 12.6. The first-order chi connectivity index (χ1) is 9.42. The van der Waals surface area contributed by atoms with Gasteiger partial charge in [-0.2, -0.15) is 0 Å². The number of hydrogen-bond acceptors (Lipinski definition) is 1. The Morgan fingerprint density at radius 1 is 1.05 bits per heavy atom. The van der Waals surface area contributed by atoms with E-state index >= 15 is 0 Å². The number of nitrogens with zero attached hydrogens (tertiary/aromatic N) is 1. The molecule has 0 N–H and O–H groups in total. The zero-order chi connectivity index (χ0) is 14.8. The molecule has 0 heterocycles. The monoisotopic (exact) mass is 269 g/mol. The smallest absolute Gasteiger partial charge is 0.227 e. The number of fused-ring (bicyclic) bond motifs is 1. The van der Waals surface area contributed by atoms with Crippen LogP contribution < -0.4 is 4.90 Å². The van der Waals surface area contributed by atoms with Crippen molar-refractivity contribution in [1.82, 2.24) is 0 Å². The molecule has 0 unspecified atom stereocenters. The van der Waals surface area contributed by atoms with Gasteiger partial charge in [0.05, 0.1) is 5.69 Å². The minimum absolute atomic E-state index is 0.00902. The second-order valence-electron chi connectivity index (χ2n) is 6.37. The molecule has 0 aliphatic carbocycles. The molecule has 0 fully saturated rings. The number of carbonyl (C=O) groups is 1. The van der Waals surface area contributed by atoms with Gasteiger partial charge in [0.15, 0.2) is 0 Å². The van der Waals surface area contributed by atoms with Gasteiger partial charge < -0.3 is 4.90 Å². The molecular formula is C18H23NO. The molecule has 20 heavy (non-hydrogen) atoms. The van der Waals surface area contributed by atoms with Gasteiger partial charge in [-0.25, -0.2) is 0 Å². The third-order valence-corrected chi connectivity index (χ3v) is 3.36. The van der Waals surface area contributed by atoms with E-state index in [0.717, 1.165) is 11.1 Å². The number of amides is 1. The molecule has 0 bridgehead atoms. The Morgan fingerprint density at radius 3 is 2.35 bits per heavy atom. The van der Waals surface area contributed by atoms with Crippen LogP contribution in [0.4, 0.5) is 5.69 Å². The summed E-state index contributed by atoms with van der Waals surface area (Å²) in [6, 6.07) is 14.4. The van der Waals surface area contributed by atoms with Gasteiger partial charge in [0.25, 0.3) is 0 Å². The molecule has 106 valence electrons. The molecule has 0 aliphatic rings. The van der Waals surface area contributed by atoms with E-state index in [4.69, 9.17) is 0 Å². The van der Waals surface area contributed by atoms with Crippen molar-refractivity contribution in [3.05, 3.63) is 42.5 Å². The van der Waals surface area contributed by atoms with E-state index in [2.05, 4.69) is 39.0 Å². The van der Waals surface area contributed by atoms with Crippen molar-refractivity contribution in [2.45, 2.75) is 34.1 Å². The Labute approximate surface area is 121 Å². The highest BCUT2D eigenvalue weighted by Gasteiger charge is 2.22. The second kappa shape index (κ2) is 5.66. The number of hydrogen-bond donors (Lipinski definition) is 0. The van der Waals surface area contributed by atoms with Gasteiger partial charge in [-0.05, 0) is 23.8 Å². The van der Waals surface area contributed by atoms with Crippen molar-refractivity contribution < 1.29 is 4.79 Å². The lowest BCUT2D eigenvalue weighted by Crippen LogP contribution is -2.33. The Kier molecular flexibility index (Phi) is 4.12. The second-order valence-corrected chi connectivity index (χ2v) is 6.37. The van der Waals surface area contributed by atoms with E-state index < -0.39 is 0 Å². The summed E-state index contributed by atoms with van der Waals surface area (Å²) in [5.41, 5.74) is 1.02. The first-order valence-electron chi connectivity index (χ1n) is 7.20. The topological polar surface area (TPSA) is 20.3 Å². The molecule has 2 nitrogen and oxygen atoms in total. The summed E-state index contributed by atoms with van der Waals surface area (Å²) in [6.07, 6.45) is 0.560. The quantitative estimate of drug-likeness (QED) is 0.795. The van der Waals surface area contributed by atoms with E-state index in [1.807, 2.05) is 36.1 Å². The van der Waals surface area contributed by atoms with Crippen molar-refractivity contribution in [3.63, 3.8) is 0 Å². The van der Waals surface area contributed by atoms with Gasteiger partial charge in [0.1, 0.15) is 0 Å². The maximum Gasteiger partial charge on any atom is 0.227 e. The highest BCUT2D eigenvalue weighted by molar-refractivity contribution is 6.03. The molecule has 0 aromatic heterocycles. The van der Waals surface area contributed by atoms with Crippen LogP contribution in [0.5, 0.6) is 0 Å². The molecule has 1 amide bonds. The molecule has 0 aliphatic heterocycles. The summed E-state index contributed by atoms with van der Waals surface area (Å²) in [4.78, 5) is 14.5. The van der Waals surface area contributed by atoms with Crippen LogP contribution in [0, 0.1) is 5.41 Å². The van der Waals surface area contributed by atoms with Crippen molar-refractivity contribution in [2.24, 2.45) is 5.41 Å². The van der Waals surface area contributed by atoms with Crippen LogP contribution in [-0.2, 0) is 4.79 Å². The van der Waals surface area contributed by atoms with Crippen molar-refractivity contribution in [3.8, 4) is 0 Å². The van der Waals surface area contributed by atoms with Crippen LogP contribution in [0.2, 0.25) is 0 Å². The lowest BCUT2D eigenvalue weighted by atomic mass is 9.91. The van der Waals surface area contributed by atoms with Gasteiger partial charge in [-0.3, -0.25) is 4.79 Å². The molecule has 0 radical (unpaired) electrons. The summed E-state index contributed by atoms with van der Waals surface area (Å²) >= 11 is 0. The van der Waals surface area contributed by atoms with Gasteiger partial charge in [-0.15, -0.1) is 0 Å². The zero-order valence-electron chi connectivity index (χ0n) is 12.8. The van der Waals surface area contributed by atoms with Crippen LogP contribution in [0.3, 0.4) is 0 Å². The molecule has 0 atom stereocenters. The van der Waals surface area contributed by atoms with Gasteiger partial charge in [-0.1, -0.05) is 57.2 Å². The first-order valence-corrected chi connectivity index (χ1v) is 7.20. The molecule has 2 heteroatoms. The Morgan fingerprint density at radius 2 is 1.70 bits per heavy atom. The lowest BCUT2D eigenvalue weighted by molar-refractivity contribution is -0.120. The standard InChI is InChI=1S/C18H23NO/c1-5-19(17(20)13-18(2,3)4)16-12-8-10-14-9-6-7-11-15(14)16/h6-12H,5,13H2,1-4H3. The molecule has 2 aromatic rings. The third kappa shape index (κ3) is 3.19. The fourth-order valence-electron chi connectivity index (χ4n) is 2.47. The summed E-state index contributed by atoms with van der Waals surface area (Å²) < 4.78 is 0. The van der Waals surface area contributed by atoms with Gasteiger partial charge in [0, 0.05) is 18.4 Å². The van der Waals surface area contributed by atoms with E-state index in [9.17, 15) is 4.79 Å². The fraction of sp³-hybridized carbons (Fsp3) is 0.389. The zero-order valence-corrected chi connectivity index (χ0v) is 12.8. The number of anilines is 1. The minimum Gasteiger partial charge on any atom is -0.312 e. The Balaban J connectivity index is 2.42. The van der Waals surface area contributed by atoms with Gasteiger partial charge in [0.2, 0.25) is 5.91 Å². The van der Waals surface area contributed by atoms with Crippen molar-refractivity contribution in [1.29, 1.82) is 0 Å². The SMILES string of the molecule is CCN(C(=O)CC(C)(C)C)c1cccc2ccccc12. The van der Waals surface area contributed by atoms with E-state index in [1.54, 1.807) is 0 Å². The normalized spacial score (nSPS) is 11.6. The van der Waals surface area contributed by atoms with Crippen LogP contribution in [0.15, 0.2) is 42.5 Å². The number of benzene rings is 2. The molecule has 2 rings (SSSR count). The highest BCUT2D eigenvalue weighted by atomic mass is 16.2. The van der Waals surface area contributed by atoms with Crippen LogP contribution in [0.25, 0.3) is 10.8 Å². The maximum atomic E-state index is 12.6. The third-order valence-electron chi connectivity index (χ3n) is 3.36. The van der Waals surface area contributed by atoms with Crippen molar-refractivity contribution >= 4 is 22.4 Å². The van der Waals surface area contributed by atoms with Crippen LogP contribution in [-0.4, -0.2) is 12.5 Å². The highest BCUT2D eigenvalue weighted by Crippen LogP contribution is 2.29. The summed E-state index contributed by atoms with van der Waals surface area (Å²) in [6.45, 7) is 9.02. The Bertz CT molecular complexity index is 605. The van der Waals surface area contributed by atoms with E-state index in [0.29, 0.717) is 13.0 Å². The molecular weight excluding hydrogens is 246 g/mol. The largest absolute Gasteiger partial charge is 0.312 e. The molecule has 2 aromatic carbocycles. The minimum atomic E-state index is 0.00902. The molecule has 0 saturated heterocycles. The summed E-state index contributed by atoms with van der Waals surface area (Å²) in [5.74, 6) is 0.191. The van der Waals surface area contributed by atoms with Crippen LogP contribution >= 0.6 is 0 Å². The van der Waals surface area contributed by atoms with Gasteiger partial charge >= 0.3 is 0 Å². The Hall–Kier alpha value is -1.83. The average Bonchev–Trinajstić information content (AvgIpc) is 2.38. The van der Waals surface area contributed by atoms with E-state index in [-0.39, 0.29) is 11.3 Å². The summed E-state index contributed by atoms with van der Waals surface area (Å²) in [5, 5.41) is 2.31. The average molecular weight is 269 g/mol. The van der Waals surface area contributed by atoms with Crippen molar-refractivity contribution in [2.75, 3.05) is 11.4 Å². The van der Waals surface area contributed by atoms with E-state index in [1.165, 1.54) is 5.39 Å². The number of carbonyl (C=O) groups excluding carboxylic acids is 1. The molecule has 0 saturated carbocycles. The predicted molar refractivity (Wildman–Crippen MR) is 86.0 cm³/mol. The lowest BCUT2D eigenvalue weighted by Gasteiger charge is -2.26. The first kappa shape index (κ1) is 14.6.